The lowest BCUT2D eigenvalue weighted by Crippen LogP contribution is -2.04. The van der Waals surface area contributed by atoms with Crippen LogP contribution in [0.5, 0.6) is 5.75 Å². The Morgan fingerprint density at radius 2 is 1.94 bits per heavy atom. The number of nitrogens with zero attached hydrogens (tertiary/aromatic N) is 1. The molecule has 1 fully saturated rings. The average Bonchev–Trinajstić information content (AvgIpc) is 3.18. The molecule has 90 valence electrons. The second kappa shape index (κ2) is 6.27. The van der Waals surface area contributed by atoms with Crippen LogP contribution in [0.1, 0.15) is 24.8 Å². The number of benzene rings is 1. The highest BCUT2D eigenvalue weighted by atomic mass is 16.5. The maximum Gasteiger partial charge on any atom is 0.119 e. The number of hydrogen-bond donors (Lipinski definition) is 0. The highest BCUT2D eigenvalue weighted by molar-refractivity contribution is 5.34. The smallest absolute Gasteiger partial charge is 0.119 e. The van der Waals surface area contributed by atoms with Gasteiger partial charge in [0.1, 0.15) is 5.75 Å². The Bertz CT molecular complexity index is 376. The molecular formula is C14H17NO2. The van der Waals surface area contributed by atoms with Crippen molar-refractivity contribution < 1.29 is 9.47 Å². The van der Waals surface area contributed by atoms with Crippen LogP contribution in [0.3, 0.4) is 0 Å². The van der Waals surface area contributed by atoms with Gasteiger partial charge in [0.25, 0.3) is 0 Å². The number of rotatable bonds is 7. The second-order valence-corrected chi connectivity index (χ2v) is 4.36. The molecule has 0 amide bonds. The van der Waals surface area contributed by atoms with E-state index in [4.69, 9.17) is 14.7 Å². The molecule has 3 heteroatoms. The van der Waals surface area contributed by atoms with Crippen LogP contribution in [0, 0.1) is 17.2 Å². The molecule has 1 aliphatic carbocycles. The van der Waals surface area contributed by atoms with E-state index in [9.17, 15) is 0 Å². The summed E-state index contributed by atoms with van der Waals surface area (Å²) in [7, 11) is 0. The molecule has 0 aliphatic heterocycles. The Morgan fingerprint density at radius 3 is 2.59 bits per heavy atom. The van der Waals surface area contributed by atoms with Gasteiger partial charge in [0.2, 0.25) is 0 Å². The number of nitriles is 1. The van der Waals surface area contributed by atoms with Crippen LogP contribution >= 0.6 is 0 Å². The quantitative estimate of drug-likeness (QED) is 0.678. The molecule has 0 heterocycles. The third-order valence-corrected chi connectivity index (χ3v) is 2.74. The van der Waals surface area contributed by atoms with E-state index >= 15 is 0 Å². The van der Waals surface area contributed by atoms with E-state index in [1.165, 1.54) is 12.8 Å². The first-order valence-corrected chi connectivity index (χ1v) is 6.09. The molecule has 0 bridgehead atoms. The summed E-state index contributed by atoms with van der Waals surface area (Å²) in [4.78, 5) is 0. The monoisotopic (exact) mass is 231 g/mol. The molecular weight excluding hydrogens is 214 g/mol. The SMILES string of the molecule is N#Cc1ccc(OCCCOCC2CC2)cc1. The molecule has 0 radical (unpaired) electrons. The zero-order valence-electron chi connectivity index (χ0n) is 9.89. The Morgan fingerprint density at radius 1 is 1.18 bits per heavy atom. The van der Waals surface area contributed by atoms with Gasteiger partial charge in [-0.15, -0.1) is 0 Å². The Balaban J connectivity index is 1.55. The first-order chi connectivity index (χ1) is 8.38. The molecule has 0 unspecified atom stereocenters. The van der Waals surface area contributed by atoms with E-state index in [0.29, 0.717) is 12.2 Å². The van der Waals surface area contributed by atoms with Gasteiger partial charge in [-0.25, -0.2) is 0 Å². The molecule has 17 heavy (non-hydrogen) atoms. The lowest BCUT2D eigenvalue weighted by atomic mass is 10.2. The van der Waals surface area contributed by atoms with Gasteiger partial charge < -0.3 is 9.47 Å². The van der Waals surface area contributed by atoms with Gasteiger partial charge in [-0.2, -0.15) is 5.26 Å². The number of ether oxygens (including phenoxy) is 2. The van der Waals surface area contributed by atoms with E-state index in [-0.39, 0.29) is 0 Å². The third-order valence-electron chi connectivity index (χ3n) is 2.74. The predicted octanol–water partition coefficient (Wildman–Crippen LogP) is 2.75. The van der Waals surface area contributed by atoms with Gasteiger partial charge >= 0.3 is 0 Å². The summed E-state index contributed by atoms with van der Waals surface area (Å²) < 4.78 is 11.0. The van der Waals surface area contributed by atoms with E-state index in [1.807, 2.05) is 12.1 Å². The van der Waals surface area contributed by atoms with Crippen LogP contribution in [-0.2, 0) is 4.74 Å². The van der Waals surface area contributed by atoms with E-state index in [1.54, 1.807) is 12.1 Å². The van der Waals surface area contributed by atoms with Crippen LogP contribution in [-0.4, -0.2) is 19.8 Å². The van der Waals surface area contributed by atoms with Crippen molar-refractivity contribution >= 4 is 0 Å². The summed E-state index contributed by atoms with van der Waals surface area (Å²) in [5.74, 6) is 1.64. The van der Waals surface area contributed by atoms with Crippen LogP contribution in [0.2, 0.25) is 0 Å². The summed E-state index contributed by atoms with van der Waals surface area (Å²) in [6, 6.07) is 9.25. The van der Waals surface area contributed by atoms with Crippen molar-refractivity contribution in [1.82, 2.24) is 0 Å². The molecule has 0 atom stereocenters. The summed E-state index contributed by atoms with van der Waals surface area (Å²) in [6.45, 7) is 2.35. The fourth-order valence-corrected chi connectivity index (χ4v) is 1.51. The van der Waals surface area contributed by atoms with Gasteiger partial charge in [0.05, 0.1) is 18.2 Å². The summed E-state index contributed by atoms with van der Waals surface area (Å²) in [5, 5.41) is 8.64. The maximum atomic E-state index is 8.64. The zero-order valence-corrected chi connectivity index (χ0v) is 9.89. The van der Waals surface area contributed by atoms with Gasteiger partial charge in [-0.1, -0.05) is 0 Å². The van der Waals surface area contributed by atoms with Crippen LogP contribution in [0.25, 0.3) is 0 Å². The van der Waals surface area contributed by atoms with Crippen LogP contribution < -0.4 is 4.74 Å². The lowest BCUT2D eigenvalue weighted by molar-refractivity contribution is 0.111. The van der Waals surface area contributed by atoms with Gasteiger partial charge in [-0.3, -0.25) is 0 Å². The Hall–Kier alpha value is -1.53. The molecule has 1 aromatic carbocycles. The summed E-state index contributed by atoms with van der Waals surface area (Å²) in [5.41, 5.74) is 0.658. The van der Waals surface area contributed by atoms with Crippen molar-refractivity contribution in [2.45, 2.75) is 19.3 Å². The minimum atomic E-state index is 0.658. The van der Waals surface area contributed by atoms with Crippen molar-refractivity contribution in [3.63, 3.8) is 0 Å². The molecule has 0 spiro atoms. The Labute approximate surface area is 102 Å². The minimum Gasteiger partial charge on any atom is -0.494 e. The standard InChI is InChI=1S/C14H17NO2/c15-10-12-4-6-14(7-5-12)17-9-1-8-16-11-13-2-3-13/h4-7,13H,1-3,8-9,11H2. The summed E-state index contributed by atoms with van der Waals surface area (Å²) >= 11 is 0. The van der Waals surface area contributed by atoms with Gasteiger partial charge in [0.15, 0.2) is 0 Å². The molecule has 0 saturated heterocycles. The van der Waals surface area contributed by atoms with Crippen LogP contribution in [0.15, 0.2) is 24.3 Å². The van der Waals surface area contributed by atoms with E-state index < -0.39 is 0 Å². The molecule has 0 N–H and O–H groups in total. The van der Waals surface area contributed by atoms with Crippen LogP contribution in [0.4, 0.5) is 0 Å². The first kappa shape index (κ1) is 11.9. The predicted molar refractivity (Wildman–Crippen MR) is 64.8 cm³/mol. The first-order valence-electron chi connectivity index (χ1n) is 6.09. The molecule has 1 aliphatic rings. The topological polar surface area (TPSA) is 42.2 Å². The largest absolute Gasteiger partial charge is 0.494 e. The fraction of sp³-hybridized carbons (Fsp3) is 0.500. The average molecular weight is 231 g/mol. The van der Waals surface area contributed by atoms with Crippen molar-refractivity contribution in [2.24, 2.45) is 5.92 Å². The third kappa shape index (κ3) is 4.46. The maximum absolute atomic E-state index is 8.64. The fourth-order valence-electron chi connectivity index (χ4n) is 1.51. The van der Waals surface area contributed by atoms with Gasteiger partial charge in [0, 0.05) is 19.6 Å². The molecule has 2 rings (SSSR count). The molecule has 0 aromatic heterocycles. The normalized spacial score (nSPS) is 14.3. The highest BCUT2D eigenvalue weighted by Crippen LogP contribution is 2.28. The molecule has 1 saturated carbocycles. The van der Waals surface area contributed by atoms with E-state index in [0.717, 1.165) is 31.3 Å². The lowest BCUT2D eigenvalue weighted by Gasteiger charge is -2.06. The highest BCUT2D eigenvalue weighted by Gasteiger charge is 2.20. The number of hydrogen-bond acceptors (Lipinski definition) is 3. The van der Waals surface area contributed by atoms with Crippen molar-refractivity contribution in [1.29, 1.82) is 5.26 Å². The van der Waals surface area contributed by atoms with Crippen molar-refractivity contribution in [3.8, 4) is 11.8 Å². The summed E-state index contributed by atoms with van der Waals surface area (Å²) in [6.07, 6.45) is 3.58. The molecule has 3 nitrogen and oxygen atoms in total. The minimum absolute atomic E-state index is 0.658. The molecule has 1 aromatic rings. The van der Waals surface area contributed by atoms with Crippen molar-refractivity contribution in [3.05, 3.63) is 29.8 Å². The van der Waals surface area contributed by atoms with Gasteiger partial charge in [-0.05, 0) is 43.0 Å². The zero-order chi connectivity index (χ0) is 11.9. The van der Waals surface area contributed by atoms with Crippen molar-refractivity contribution in [2.75, 3.05) is 19.8 Å². The Kier molecular flexibility index (Phi) is 4.40. The van der Waals surface area contributed by atoms with E-state index in [2.05, 4.69) is 6.07 Å². The second-order valence-electron chi connectivity index (χ2n) is 4.36.